The van der Waals surface area contributed by atoms with Crippen LogP contribution in [0.3, 0.4) is 0 Å². The van der Waals surface area contributed by atoms with Crippen molar-refractivity contribution in [3.05, 3.63) is 85.1 Å². The topological polar surface area (TPSA) is 151 Å². The zero-order valence-electron chi connectivity index (χ0n) is 34.6. The Hall–Kier alpha value is -3.14. The first-order chi connectivity index (χ1) is 27.2. The van der Waals surface area contributed by atoms with Crippen LogP contribution < -0.4 is 5.73 Å². The highest BCUT2D eigenvalue weighted by atomic mass is 31.2. The smallest absolute Gasteiger partial charge is 0.462 e. The number of ether oxygens (including phenoxy) is 2. The Kier molecular flexibility index (Phi) is 37.8. The molecular formula is C45H74NO9P. The van der Waals surface area contributed by atoms with Crippen molar-refractivity contribution in [2.45, 2.75) is 155 Å². The van der Waals surface area contributed by atoms with Gasteiger partial charge in [-0.15, -0.1) is 0 Å². The van der Waals surface area contributed by atoms with Crippen LogP contribution in [0.15, 0.2) is 85.1 Å². The van der Waals surface area contributed by atoms with E-state index in [9.17, 15) is 23.8 Å². The van der Waals surface area contributed by atoms with Crippen LogP contribution in [0.5, 0.6) is 0 Å². The summed E-state index contributed by atoms with van der Waals surface area (Å²) in [4.78, 5) is 46.5. The lowest BCUT2D eigenvalue weighted by Gasteiger charge is -2.19. The molecule has 0 bridgehead atoms. The van der Waals surface area contributed by atoms with Gasteiger partial charge in [0.05, 0.1) is 13.2 Å². The van der Waals surface area contributed by atoms with E-state index in [-0.39, 0.29) is 38.4 Å². The first kappa shape index (κ1) is 52.9. The van der Waals surface area contributed by atoms with Gasteiger partial charge in [-0.3, -0.25) is 23.4 Å². The molecule has 0 aromatic rings. The molecule has 318 valence electrons. The lowest BCUT2D eigenvalue weighted by molar-refractivity contribution is -0.161. The SMILES string of the molecule is CCCCC/C=C\C/C=C\C/C=C\C/C=C\C/C=C\CCC(=O)O[C@H](COC(=O)CCCCCCC/C=C\C=C\C(=O)CCCCC)COP(=O)(O)OCCN. The highest BCUT2D eigenvalue weighted by Gasteiger charge is 2.25. The van der Waals surface area contributed by atoms with Crippen LogP contribution in [0.2, 0.25) is 0 Å². The van der Waals surface area contributed by atoms with E-state index in [0.29, 0.717) is 19.3 Å². The Morgan fingerprint density at radius 3 is 1.77 bits per heavy atom. The summed E-state index contributed by atoms with van der Waals surface area (Å²) in [5.41, 5.74) is 5.33. The number of carbonyl (C=O) groups is 3. The number of rotatable bonds is 38. The Labute approximate surface area is 339 Å². The summed E-state index contributed by atoms with van der Waals surface area (Å²) >= 11 is 0. The van der Waals surface area contributed by atoms with Gasteiger partial charge in [0.2, 0.25) is 0 Å². The molecule has 0 fully saturated rings. The van der Waals surface area contributed by atoms with Crippen molar-refractivity contribution in [1.29, 1.82) is 0 Å². The van der Waals surface area contributed by atoms with E-state index in [1.165, 1.54) is 25.7 Å². The van der Waals surface area contributed by atoms with Gasteiger partial charge in [-0.2, -0.15) is 0 Å². The van der Waals surface area contributed by atoms with E-state index >= 15 is 0 Å². The van der Waals surface area contributed by atoms with Crippen LogP contribution in [0.4, 0.5) is 0 Å². The van der Waals surface area contributed by atoms with Gasteiger partial charge >= 0.3 is 19.8 Å². The number of allylic oxidation sites excluding steroid dienone is 14. The molecule has 0 saturated carbocycles. The highest BCUT2D eigenvalue weighted by molar-refractivity contribution is 7.47. The third kappa shape index (κ3) is 39.1. The molecule has 10 nitrogen and oxygen atoms in total. The van der Waals surface area contributed by atoms with Crippen molar-refractivity contribution in [2.75, 3.05) is 26.4 Å². The average Bonchev–Trinajstić information content (AvgIpc) is 3.18. The van der Waals surface area contributed by atoms with Crippen LogP contribution in [-0.4, -0.2) is 55.1 Å². The average molecular weight is 804 g/mol. The molecule has 0 heterocycles. The number of nitrogens with two attached hydrogens (primary N) is 1. The van der Waals surface area contributed by atoms with Crippen molar-refractivity contribution in [3.8, 4) is 0 Å². The minimum atomic E-state index is -4.42. The quantitative estimate of drug-likeness (QED) is 0.0154. The zero-order chi connectivity index (χ0) is 41.2. The maximum Gasteiger partial charge on any atom is 0.472 e. The fraction of sp³-hybridized carbons (Fsp3) is 0.622. The minimum Gasteiger partial charge on any atom is -0.462 e. The second-order valence-electron chi connectivity index (χ2n) is 13.5. The van der Waals surface area contributed by atoms with Crippen LogP contribution >= 0.6 is 7.82 Å². The molecule has 1 unspecified atom stereocenters. The van der Waals surface area contributed by atoms with E-state index in [4.69, 9.17) is 24.3 Å². The van der Waals surface area contributed by atoms with Gasteiger partial charge in [0, 0.05) is 25.8 Å². The molecule has 3 N–H and O–H groups in total. The Morgan fingerprint density at radius 2 is 1.12 bits per heavy atom. The number of unbranched alkanes of at least 4 members (excludes halogenated alkanes) is 10. The normalized spacial score (nSPS) is 14.1. The molecular weight excluding hydrogens is 729 g/mol. The first-order valence-corrected chi connectivity index (χ1v) is 22.5. The molecule has 0 aliphatic heterocycles. The first-order valence-electron chi connectivity index (χ1n) is 21.0. The number of carbonyl (C=O) groups excluding carboxylic acids is 3. The molecule has 0 saturated heterocycles. The molecule has 11 heteroatoms. The second kappa shape index (κ2) is 40.1. The number of hydrogen-bond acceptors (Lipinski definition) is 9. The summed E-state index contributed by atoms with van der Waals surface area (Å²) in [6, 6.07) is 0. The number of esters is 2. The highest BCUT2D eigenvalue weighted by Crippen LogP contribution is 2.43. The van der Waals surface area contributed by atoms with E-state index in [1.807, 2.05) is 24.3 Å². The lowest BCUT2D eigenvalue weighted by Crippen LogP contribution is -2.29. The Bertz CT molecular complexity index is 1250. The third-order valence-corrected chi connectivity index (χ3v) is 9.23. The van der Waals surface area contributed by atoms with Gasteiger partial charge in [0.15, 0.2) is 11.9 Å². The summed E-state index contributed by atoms with van der Waals surface area (Å²) in [5, 5.41) is 0. The molecule has 0 rings (SSSR count). The second-order valence-corrected chi connectivity index (χ2v) is 15.0. The van der Waals surface area contributed by atoms with Gasteiger partial charge in [0.1, 0.15) is 6.61 Å². The van der Waals surface area contributed by atoms with Crippen LogP contribution in [0, 0.1) is 0 Å². The fourth-order valence-electron chi connectivity index (χ4n) is 5.07. The van der Waals surface area contributed by atoms with Crippen molar-refractivity contribution < 1.29 is 42.4 Å². The summed E-state index contributed by atoms with van der Waals surface area (Å²) in [7, 11) is -4.42. The van der Waals surface area contributed by atoms with Gasteiger partial charge < -0.3 is 20.1 Å². The molecule has 0 aliphatic carbocycles. The predicted molar refractivity (Wildman–Crippen MR) is 229 cm³/mol. The fourth-order valence-corrected chi connectivity index (χ4v) is 5.83. The summed E-state index contributed by atoms with van der Waals surface area (Å²) in [5.74, 6) is -0.824. The van der Waals surface area contributed by atoms with Crippen LogP contribution in [-0.2, 0) is 37.5 Å². The largest absolute Gasteiger partial charge is 0.472 e. The van der Waals surface area contributed by atoms with Crippen molar-refractivity contribution in [1.82, 2.24) is 0 Å². The molecule has 0 spiro atoms. The zero-order valence-corrected chi connectivity index (χ0v) is 35.5. The Morgan fingerprint density at radius 1 is 0.589 bits per heavy atom. The van der Waals surface area contributed by atoms with Gasteiger partial charge in [-0.25, -0.2) is 4.57 Å². The molecule has 2 atom stereocenters. The lowest BCUT2D eigenvalue weighted by atomic mass is 10.1. The summed E-state index contributed by atoms with van der Waals surface area (Å²) < 4.78 is 32.6. The minimum absolute atomic E-state index is 0.0248. The maximum atomic E-state index is 12.5. The van der Waals surface area contributed by atoms with E-state index in [1.54, 1.807) is 6.08 Å². The number of phosphoric acid groups is 1. The molecule has 0 aliphatic rings. The molecule has 0 radical (unpaired) electrons. The maximum absolute atomic E-state index is 12.5. The number of hydrogen-bond donors (Lipinski definition) is 2. The standard InChI is InChI=1S/C45H74NO9P/c1-3-5-7-8-9-10-11-12-13-14-15-16-17-18-19-22-26-29-33-37-45(49)55-43(41-54-56(50,51)53-39-38-46)40-52-44(48)36-32-28-25-23-20-21-24-27-31-35-42(47)34-30-6-4-2/h9-10,12-13,15-16,18-19,24,26-27,29,31,35,43H,3-8,11,14,17,20-23,25,28,30,32-34,36-41,46H2,1-2H3,(H,50,51)/b10-9-,13-12-,16-15-,19-18-,27-24-,29-26-,35-31+/t43-/m1/s1. The van der Waals surface area contributed by atoms with Crippen molar-refractivity contribution >= 4 is 25.5 Å². The van der Waals surface area contributed by atoms with E-state index < -0.39 is 32.5 Å². The van der Waals surface area contributed by atoms with Crippen LogP contribution in [0.25, 0.3) is 0 Å². The third-order valence-electron chi connectivity index (χ3n) is 8.24. The number of ketones is 1. The van der Waals surface area contributed by atoms with Gasteiger partial charge in [0.25, 0.3) is 0 Å². The van der Waals surface area contributed by atoms with E-state index in [0.717, 1.165) is 77.0 Å². The van der Waals surface area contributed by atoms with Gasteiger partial charge in [-0.05, 0) is 76.7 Å². The predicted octanol–water partition coefficient (Wildman–Crippen LogP) is 11.2. The molecule has 0 aromatic carbocycles. The summed E-state index contributed by atoms with van der Waals surface area (Å²) in [6.45, 7) is 3.38. The van der Waals surface area contributed by atoms with Gasteiger partial charge in [-0.1, -0.05) is 138 Å². The van der Waals surface area contributed by atoms with Crippen LogP contribution in [0.1, 0.15) is 149 Å². The molecule has 0 aromatic heterocycles. The Balaban J connectivity index is 4.39. The molecule has 56 heavy (non-hydrogen) atoms. The monoisotopic (exact) mass is 804 g/mol. The number of phosphoric ester groups is 1. The van der Waals surface area contributed by atoms with Crippen molar-refractivity contribution in [3.63, 3.8) is 0 Å². The molecule has 0 amide bonds. The summed E-state index contributed by atoms with van der Waals surface area (Å²) in [6.07, 6.45) is 46.1. The van der Waals surface area contributed by atoms with Crippen molar-refractivity contribution in [2.24, 2.45) is 5.73 Å². The van der Waals surface area contributed by atoms with E-state index in [2.05, 4.69) is 68.5 Å².